The van der Waals surface area contributed by atoms with Crippen LogP contribution in [0.4, 0.5) is 10.1 Å². The van der Waals surface area contributed by atoms with Crippen molar-refractivity contribution in [3.63, 3.8) is 0 Å². The Balaban J connectivity index is 1.83. The fraction of sp³-hybridized carbons (Fsp3) is 0.176. The Bertz CT molecular complexity index is 717. The smallest absolute Gasteiger partial charge is 0.313 e. The first-order chi connectivity index (χ1) is 11.0. The lowest BCUT2D eigenvalue weighted by Gasteiger charge is -2.08. The number of carbonyl (C=O) groups excluding carboxylic acids is 2. The molecule has 23 heavy (non-hydrogen) atoms. The van der Waals surface area contributed by atoms with E-state index in [1.165, 1.54) is 12.1 Å². The molecule has 2 N–H and O–H groups in total. The number of carbonyl (C=O) groups is 2. The zero-order chi connectivity index (χ0) is 16.8. The highest BCUT2D eigenvalue weighted by Gasteiger charge is 2.14. The van der Waals surface area contributed by atoms with Crippen molar-refractivity contribution in [2.75, 3.05) is 11.9 Å². The highest BCUT2D eigenvalue weighted by atomic mass is 79.9. The van der Waals surface area contributed by atoms with Crippen LogP contribution in [0.2, 0.25) is 0 Å². The minimum absolute atomic E-state index is 0.299. The van der Waals surface area contributed by atoms with E-state index in [0.717, 1.165) is 11.1 Å². The van der Waals surface area contributed by atoms with Gasteiger partial charge in [-0.15, -0.1) is 0 Å². The van der Waals surface area contributed by atoms with Crippen molar-refractivity contribution in [1.82, 2.24) is 5.32 Å². The quantitative estimate of drug-likeness (QED) is 0.802. The second-order valence-corrected chi connectivity index (χ2v) is 5.92. The summed E-state index contributed by atoms with van der Waals surface area (Å²) in [6, 6.07) is 11.4. The summed E-state index contributed by atoms with van der Waals surface area (Å²) in [4.78, 5) is 23.6. The lowest BCUT2D eigenvalue weighted by Crippen LogP contribution is -2.36. The molecular formula is C17H16BrFN2O2. The Morgan fingerprint density at radius 1 is 1.09 bits per heavy atom. The van der Waals surface area contributed by atoms with Crippen LogP contribution in [0, 0.1) is 12.7 Å². The van der Waals surface area contributed by atoms with Crippen LogP contribution in [0.5, 0.6) is 0 Å². The van der Waals surface area contributed by atoms with Crippen molar-refractivity contribution in [3.05, 3.63) is 63.9 Å². The maximum Gasteiger partial charge on any atom is 0.313 e. The van der Waals surface area contributed by atoms with Gasteiger partial charge in [0.05, 0.1) is 5.69 Å². The summed E-state index contributed by atoms with van der Waals surface area (Å²) in [6.07, 6.45) is 0.521. The first-order valence-corrected chi connectivity index (χ1v) is 7.85. The average molecular weight is 379 g/mol. The monoisotopic (exact) mass is 378 g/mol. The van der Waals surface area contributed by atoms with Crippen LogP contribution in [0.15, 0.2) is 46.9 Å². The first kappa shape index (κ1) is 17.1. The molecular weight excluding hydrogens is 363 g/mol. The molecule has 0 radical (unpaired) electrons. The molecule has 2 aromatic rings. The Hall–Kier alpha value is -2.21. The third-order valence-electron chi connectivity index (χ3n) is 3.19. The fourth-order valence-electron chi connectivity index (χ4n) is 1.95. The summed E-state index contributed by atoms with van der Waals surface area (Å²) in [6.45, 7) is 2.23. The largest absolute Gasteiger partial charge is 0.347 e. The maximum absolute atomic E-state index is 12.8. The Labute approximate surface area is 142 Å². The number of aryl methyl sites for hydroxylation is 1. The second kappa shape index (κ2) is 7.87. The number of nitrogens with one attached hydrogen (secondary N) is 2. The molecule has 0 saturated heterocycles. The number of benzene rings is 2. The SMILES string of the molecule is Cc1ccc(NC(=O)C(=O)NCCc2ccc(F)cc2)c(Br)c1. The minimum atomic E-state index is -0.728. The molecule has 0 saturated carbocycles. The molecule has 2 aromatic carbocycles. The zero-order valence-corrected chi connectivity index (χ0v) is 14.1. The van der Waals surface area contributed by atoms with Gasteiger partial charge in [0.2, 0.25) is 0 Å². The summed E-state index contributed by atoms with van der Waals surface area (Å²) < 4.78 is 13.5. The number of rotatable bonds is 4. The molecule has 2 rings (SSSR count). The Morgan fingerprint density at radius 2 is 1.78 bits per heavy atom. The molecule has 120 valence electrons. The van der Waals surface area contributed by atoms with Gasteiger partial charge in [-0.2, -0.15) is 0 Å². The molecule has 0 fully saturated rings. The lowest BCUT2D eigenvalue weighted by atomic mass is 10.1. The number of halogens is 2. The Morgan fingerprint density at radius 3 is 2.43 bits per heavy atom. The molecule has 0 spiro atoms. The van der Waals surface area contributed by atoms with Crippen molar-refractivity contribution in [2.24, 2.45) is 0 Å². The third-order valence-corrected chi connectivity index (χ3v) is 3.85. The minimum Gasteiger partial charge on any atom is -0.347 e. The lowest BCUT2D eigenvalue weighted by molar-refractivity contribution is -0.136. The average Bonchev–Trinajstić information content (AvgIpc) is 2.51. The molecule has 0 aliphatic carbocycles. The number of amides is 2. The molecule has 0 bridgehead atoms. The van der Waals surface area contributed by atoms with Gasteiger partial charge in [-0.05, 0) is 64.7 Å². The van der Waals surface area contributed by atoms with Crippen molar-refractivity contribution >= 4 is 33.4 Å². The van der Waals surface area contributed by atoms with Gasteiger partial charge in [0.1, 0.15) is 5.82 Å². The highest BCUT2D eigenvalue weighted by molar-refractivity contribution is 9.10. The van der Waals surface area contributed by atoms with Gasteiger partial charge in [0.15, 0.2) is 0 Å². The maximum atomic E-state index is 12.8. The van der Waals surface area contributed by atoms with E-state index in [9.17, 15) is 14.0 Å². The van der Waals surface area contributed by atoms with E-state index in [-0.39, 0.29) is 5.82 Å². The van der Waals surface area contributed by atoms with E-state index in [0.29, 0.717) is 23.1 Å². The zero-order valence-electron chi connectivity index (χ0n) is 12.5. The molecule has 0 unspecified atom stereocenters. The fourth-order valence-corrected chi connectivity index (χ4v) is 2.54. The van der Waals surface area contributed by atoms with Crippen molar-refractivity contribution in [2.45, 2.75) is 13.3 Å². The summed E-state index contributed by atoms with van der Waals surface area (Å²) in [7, 11) is 0. The van der Waals surface area contributed by atoms with E-state index >= 15 is 0 Å². The van der Waals surface area contributed by atoms with Crippen LogP contribution in [-0.2, 0) is 16.0 Å². The van der Waals surface area contributed by atoms with E-state index in [2.05, 4.69) is 26.6 Å². The predicted octanol–water partition coefficient (Wildman–Crippen LogP) is 3.19. The number of hydrogen-bond acceptors (Lipinski definition) is 2. The second-order valence-electron chi connectivity index (χ2n) is 5.07. The van der Waals surface area contributed by atoms with Crippen LogP contribution in [0.25, 0.3) is 0 Å². The van der Waals surface area contributed by atoms with E-state index < -0.39 is 11.8 Å². The van der Waals surface area contributed by atoms with E-state index in [4.69, 9.17) is 0 Å². The summed E-state index contributed by atoms with van der Waals surface area (Å²) in [5, 5.41) is 5.08. The summed E-state index contributed by atoms with van der Waals surface area (Å²) >= 11 is 3.34. The molecule has 0 aromatic heterocycles. The first-order valence-electron chi connectivity index (χ1n) is 7.05. The highest BCUT2D eigenvalue weighted by Crippen LogP contribution is 2.23. The van der Waals surface area contributed by atoms with Crippen LogP contribution in [0.1, 0.15) is 11.1 Å². The predicted molar refractivity (Wildman–Crippen MR) is 90.6 cm³/mol. The molecule has 0 aliphatic rings. The van der Waals surface area contributed by atoms with Crippen LogP contribution in [0.3, 0.4) is 0 Å². The van der Waals surface area contributed by atoms with Crippen LogP contribution < -0.4 is 10.6 Å². The molecule has 0 atom stereocenters. The molecule has 0 aliphatic heterocycles. The van der Waals surface area contributed by atoms with Gasteiger partial charge >= 0.3 is 11.8 Å². The topological polar surface area (TPSA) is 58.2 Å². The molecule has 2 amide bonds. The van der Waals surface area contributed by atoms with Crippen molar-refractivity contribution < 1.29 is 14.0 Å². The Kier molecular flexibility index (Phi) is 5.87. The van der Waals surface area contributed by atoms with E-state index in [1.54, 1.807) is 18.2 Å². The van der Waals surface area contributed by atoms with Crippen molar-refractivity contribution in [1.29, 1.82) is 0 Å². The molecule has 0 heterocycles. The van der Waals surface area contributed by atoms with E-state index in [1.807, 2.05) is 19.1 Å². The van der Waals surface area contributed by atoms with Gasteiger partial charge in [0.25, 0.3) is 0 Å². The van der Waals surface area contributed by atoms with Crippen molar-refractivity contribution in [3.8, 4) is 0 Å². The standard InChI is InChI=1S/C17H16BrFN2O2/c1-11-2-7-15(14(18)10-11)21-17(23)16(22)20-9-8-12-3-5-13(19)6-4-12/h2-7,10H,8-9H2,1H3,(H,20,22)(H,21,23). The normalized spacial score (nSPS) is 10.2. The number of anilines is 1. The summed E-state index contributed by atoms with van der Waals surface area (Å²) in [5.41, 5.74) is 2.46. The molecule has 6 heteroatoms. The summed E-state index contributed by atoms with van der Waals surface area (Å²) in [5.74, 6) is -1.74. The van der Waals surface area contributed by atoms with Gasteiger partial charge in [-0.1, -0.05) is 18.2 Å². The molecule has 4 nitrogen and oxygen atoms in total. The van der Waals surface area contributed by atoms with Crippen LogP contribution >= 0.6 is 15.9 Å². The van der Waals surface area contributed by atoms with Crippen LogP contribution in [-0.4, -0.2) is 18.4 Å². The van der Waals surface area contributed by atoms with Gasteiger partial charge in [-0.25, -0.2) is 4.39 Å². The third kappa shape index (κ3) is 5.17. The van der Waals surface area contributed by atoms with Gasteiger partial charge in [0, 0.05) is 11.0 Å². The van der Waals surface area contributed by atoms with Gasteiger partial charge in [-0.3, -0.25) is 9.59 Å². The van der Waals surface area contributed by atoms with Gasteiger partial charge < -0.3 is 10.6 Å². The number of hydrogen-bond donors (Lipinski definition) is 2.